The van der Waals surface area contributed by atoms with Crippen LogP contribution < -0.4 is 9.47 Å². The van der Waals surface area contributed by atoms with Gasteiger partial charge in [0.15, 0.2) is 6.10 Å². The molecular formula is C31H30O10. The summed E-state index contributed by atoms with van der Waals surface area (Å²) in [6.07, 6.45) is -4.73. The number of esters is 1. The Hall–Kier alpha value is -4.41. The van der Waals surface area contributed by atoms with E-state index in [0.29, 0.717) is 28.2 Å². The van der Waals surface area contributed by atoms with Crippen LogP contribution in [0.2, 0.25) is 0 Å². The highest BCUT2D eigenvalue weighted by molar-refractivity contribution is 5.82. The minimum Gasteiger partial charge on any atom is -0.497 e. The number of fused-ring (bicyclic) bond motifs is 2. The summed E-state index contributed by atoms with van der Waals surface area (Å²) in [5.74, 6) is -4.97. The number of rotatable bonds is 10. The van der Waals surface area contributed by atoms with Crippen LogP contribution in [0.3, 0.4) is 0 Å². The minimum atomic E-state index is -1.42. The van der Waals surface area contributed by atoms with Crippen LogP contribution >= 0.6 is 0 Å². The second-order valence-electron chi connectivity index (χ2n) is 9.95. The summed E-state index contributed by atoms with van der Waals surface area (Å²) in [6.45, 7) is 1.20. The lowest BCUT2D eigenvalue weighted by Crippen LogP contribution is -2.56. The SMILES string of the molecule is COc1ccc(C(OC2C(OC(C)=O)C3OC2C(C(=O)O)C3C(=O)O)(c2ccccc2)c2ccc(OC)cc2)cc1. The lowest BCUT2D eigenvalue weighted by Gasteiger charge is -2.42. The van der Waals surface area contributed by atoms with Gasteiger partial charge in [-0.25, -0.2) is 0 Å². The normalized spacial score (nSPS) is 25.0. The van der Waals surface area contributed by atoms with Crippen LogP contribution in [-0.2, 0) is 34.2 Å². The average Bonchev–Trinajstić information content (AvgIpc) is 3.53. The molecule has 0 aromatic heterocycles. The maximum atomic E-state index is 12.4. The molecule has 2 N–H and O–H groups in total. The van der Waals surface area contributed by atoms with Crippen molar-refractivity contribution in [1.29, 1.82) is 0 Å². The van der Waals surface area contributed by atoms with Crippen molar-refractivity contribution in [1.82, 2.24) is 0 Å². The van der Waals surface area contributed by atoms with Gasteiger partial charge in [-0.3, -0.25) is 14.4 Å². The van der Waals surface area contributed by atoms with Gasteiger partial charge < -0.3 is 33.9 Å². The molecule has 0 radical (unpaired) electrons. The number of carboxylic acid groups (broad SMARTS) is 2. The number of hydrogen-bond donors (Lipinski definition) is 2. The number of benzene rings is 3. The summed E-state index contributed by atoms with van der Waals surface area (Å²) in [6, 6.07) is 23.8. The molecule has 10 heteroatoms. The highest BCUT2D eigenvalue weighted by Crippen LogP contribution is 2.51. The Morgan fingerprint density at radius 2 is 1.12 bits per heavy atom. The Kier molecular flexibility index (Phi) is 7.70. The molecule has 6 unspecified atom stereocenters. The maximum Gasteiger partial charge on any atom is 0.310 e. The van der Waals surface area contributed by atoms with Crippen LogP contribution in [0.15, 0.2) is 78.9 Å². The first-order chi connectivity index (χ1) is 19.7. The molecule has 41 heavy (non-hydrogen) atoms. The predicted molar refractivity (Wildman–Crippen MR) is 144 cm³/mol. The van der Waals surface area contributed by atoms with Crippen LogP contribution in [0, 0.1) is 11.8 Å². The first kappa shape index (κ1) is 28.1. The van der Waals surface area contributed by atoms with Crippen LogP contribution in [0.4, 0.5) is 0 Å². The molecule has 214 valence electrons. The highest BCUT2D eigenvalue weighted by atomic mass is 16.6. The number of carbonyl (C=O) groups is 3. The quantitative estimate of drug-likeness (QED) is 0.279. The average molecular weight is 563 g/mol. The molecule has 2 saturated heterocycles. The molecule has 5 rings (SSSR count). The number of hydrogen-bond acceptors (Lipinski definition) is 8. The zero-order valence-electron chi connectivity index (χ0n) is 22.6. The molecule has 2 fully saturated rings. The van der Waals surface area contributed by atoms with Crippen molar-refractivity contribution in [3.8, 4) is 11.5 Å². The van der Waals surface area contributed by atoms with E-state index in [2.05, 4.69) is 0 Å². The fraction of sp³-hybridized carbons (Fsp3) is 0.323. The fourth-order valence-electron chi connectivity index (χ4n) is 5.98. The number of methoxy groups -OCH3 is 2. The van der Waals surface area contributed by atoms with Gasteiger partial charge in [-0.1, -0.05) is 54.6 Å². The van der Waals surface area contributed by atoms with Crippen molar-refractivity contribution in [2.24, 2.45) is 11.8 Å². The summed E-state index contributed by atoms with van der Waals surface area (Å²) in [7, 11) is 3.11. The van der Waals surface area contributed by atoms with E-state index >= 15 is 0 Å². The van der Waals surface area contributed by atoms with Crippen molar-refractivity contribution in [3.05, 3.63) is 95.6 Å². The summed E-state index contributed by atoms with van der Waals surface area (Å²) in [5, 5.41) is 20.0. The first-order valence-electron chi connectivity index (χ1n) is 13.0. The van der Waals surface area contributed by atoms with E-state index in [9.17, 15) is 24.6 Å². The predicted octanol–water partition coefficient (Wildman–Crippen LogP) is 3.50. The Labute approximate surface area is 236 Å². The van der Waals surface area contributed by atoms with Gasteiger partial charge in [0.05, 0.1) is 14.2 Å². The summed E-state index contributed by atoms with van der Waals surface area (Å²) >= 11 is 0. The summed E-state index contributed by atoms with van der Waals surface area (Å²) < 4.78 is 29.4. The molecule has 2 heterocycles. The molecule has 0 spiro atoms. The lowest BCUT2D eigenvalue weighted by molar-refractivity contribution is -0.178. The van der Waals surface area contributed by atoms with E-state index in [1.54, 1.807) is 38.5 Å². The number of ether oxygens (including phenoxy) is 5. The standard InChI is InChI=1S/C31H30O10/c1-17(32)39-27-25-23(29(33)34)24(30(35)36)26(40-25)28(27)41-31(18-7-5-4-6-8-18,19-9-13-21(37-2)14-10-19)20-11-15-22(38-3)16-12-20/h4-16,23-28H,1-3H3,(H,33,34)(H,35,36). The van der Waals surface area contributed by atoms with E-state index in [1.807, 2.05) is 54.6 Å². The van der Waals surface area contributed by atoms with Crippen LogP contribution in [-0.4, -0.2) is 66.8 Å². The molecular weight excluding hydrogens is 532 g/mol. The van der Waals surface area contributed by atoms with E-state index < -0.39 is 59.8 Å². The summed E-state index contributed by atoms with van der Waals surface area (Å²) in [4.78, 5) is 36.7. The van der Waals surface area contributed by atoms with E-state index in [0.717, 1.165) is 0 Å². The van der Waals surface area contributed by atoms with Gasteiger partial charge in [0.25, 0.3) is 0 Å². The van der Waals surface area contributed by atoms with Crippen molar-refractivity contribution >= 4 is 17.9 Å². The Bertz CT molecular complexity index is 1350. The van der Waals surface area contributed by atoms with E-state index in [-0.39, 0.29) is 0 Å². The van der Waals surface area contributed by atoms with Gasteiger partial charge in [-0.15, -0.1) is 0 Å². The van der Waals surface area contributed by atoms with Gasteiger partial charge in [-0.05, 0) is 41.0 Å². The largest absolute Gasteiger partial charge is 0.497 e. The Balaban J connectivity index is 1.73. The Morgan fingerprint density at radius 3 is 1.54 bits per heavy atom. The molecule has 2 aliphatic heterocycles. The summed E-state index contributed by atoms with van der Waals surface area (Å²) in [5.41, 5.74) is 0.654. The smallest absolute Gasteiger partial charge is 0.310 e. The molecule has 6 atom stereocenters. The Morgan fingerprint density at radius 1 is 0.683 bits per heavy atom. The van der Waals surface area contributed by atoms with Crippen molar-refractivity contribution in [2.45, 2.75) is 36.9 Å². The molecule has 0 amide bonds. The molecule has 3 aromatic rings. The topological polar surface area (TPSA) is 138 Å². The zero-order chi connectivity index (χ0) is 29.3. The second-order valence-corrected chi connectivity index (χ2v) is 9.95. The second kappa shape index (κ2) is 11.2. The number of carbonyl (C=O) groups excluding carboxylic acids is 1. The number of carboxylic acids is 2. The van der Waals surface area contributed by atoms with Crippen molar-refractivity contribution < 1.29 is 48.3 Å². The third-order valence-electron chi connectivity index (χ3n) is 7.74. The monoisotopic (exact) mass is 562 g/mol. The fourth-order valence-corrected chi connectivity index (χ4v) is 5.98. The number of aliphatic carboxylic acids is 2. The van der Waals surface area contributed by atoms with Gasteiger partial charge in [0.2, 0.25) is 0 Å². The van der Waals surface area contributed by atoms with Crippen LogP contribution in [0.1, 0.15) is 23.6 Å². The van der Waals surface area contributed by atoms with Crippen molar-refractivity contribution in [2.75, 3.05) is 14.2 Å². The van der Waals surface area contributed by atoms with Crippen LogP contribution in [0.5, 0.6) is 11.5 Å². The third kappa shape index (κ3) is 4.89. The molecule has 2 bridgehead atoms. The zero-order valence-corrected chi connectivity index (χ0v) is 22.6. The molecule has 2 aliphatic rings. The first-order valence-corrected chi connectivity index (χ1v) is 13.0. The van der Waals surface area contributed by atoms with Gasteiger partial charge in [0, 0.05) is 6.92 Å². The maximum absolute atomic E-state index is 12.4. The van der Waals surface area contributed by atoms with Crippen LogP contribution in [0.25, 0.3) is 0 Å². The molecule has 3 aromatic carbocycles. The van der Waals surface area contributed by atoms with Gasteiger partial charge in [0.1, 0.15) is 47.2 Å². The van der Waals surface area contributed by atoms with Gasteiger partial charge >= 0.3 is 17.9 Å². The van der Waals surface area contributed by atoms with Gasteiger partial charge in [-0.2, -0.15) is 0 Å². The lowest BCUT2D eigenvalue weighted by atomic mass is 9.74. The highest BCUT2D eigenvalue weighted by Gasteiger charge is 2.68. The van der Waals surface area contributed by atoms with Crippen molar-refractivity contribution in [3.63, 3.8) is 0 Å². The molecule has 0 saturated carbocycles. The molecule has 10 nitrogen and oxygen atoms in total. The molecule has 0 aliphatic carbocycles. The van der Waals surface area contributed by atoms with E-state index in [1.165, 1.54) is 6.92 Å². The minimum absolute atomic E-state index is 0.613. The third-order valence-corrected chi connectivity index (χ3v) is 7.74. The van der Waals surface area contributed by atoms with E-state index in [4.69, 9.17) is 23.7 Å².